The summed E-state index contributed by atoms with van der Waals surface area (Å²) in [5.74, 6) is -0.394. The van der Waals surface area contributed by atoms with Gasteiger partial charge in [-0.05, 0) is 46.7 Å². The number of nitrogens with one attached hydrogen (secondary N) is 2. The summed E-state index contributed by atoms with van der Waals surface area (Å²) < 4.78 is 10.4. The zero-order chi connectivity index (χ0) is 19.5. The third kappa shape index (κ3) is 4.01. The molecule has 0 spiro atoms. The average Bonchev–Trinajstić information content (AvgIpc) is 3.46. The van der Waals surface area contributed by atoms with Crippen molar-refractivity contribution >= 4 is 40.2 Å². The van der Waals surface area contributed by atoms with Gasteiger partial charge in [-0.3, -0.25) is 9.59 Å². The summed E-state index contributed by atoms with van der Waals surface area (Å²) in [6.45, 7) is 0.339. The van der Waals surface area contributed by atoms with Crippen molar-refractivity contribution in [1.82, 2.24) is 5.32 Å². The summed E-state index contributed by atoms with van der Waals surface area (Å²) in [6.07, 6.45) is -0.685. The van der Waals surface area contributed by atoms with Crippen molar-refractivity contribution in [3.05, 3.63) is 62.5 Å². The lowest BCUT2D eigenvalue weighted by Crippen LogP contribution is -2.34. The van der Waals surface area contributed by atoms with Crippen LogP contribution in [0, 0.1) is 0 Å². The molecule has 3 aromatic rings. The number of aliphatic hydroxyl groups is 1. The molecule has 0 fully saturated rings. The fourth-order valence-electron chi connectivity index (χ4n) is 2.64. The second kappa shape index (κ2) is 8.01. The predicted molar refractivity (Wildman–Crippen MR) is 106 cm³/mol. The molecule has 144 valence electrons. The summed E-state index contributed by atoms with van der Waals surface area (Å²) in [6, 6.07) is 10.4. The molecule has 0 radical (unpaired) electrons. The molecular formula is C19H16N2O5S2. The number of carbonyl (C=O) groups excluding carboxylic acids is 2. The number of fused-ring (bicyclic) bond motifs is 1. The van der Waals surface area contributed by atoms with Gasteiger partial charge in [-0.25, -0.2) is 0 Å². The van der Waals surface area contributed by atoms with Gasteiger partial charge in [0, 0.05) is 21.5 Å². The third-order valence-electron chi connectivity index (χ3n) is 4.07. The number of thiophene rings is 2. The van der Waals surface area contributed by atoms with E-state index < -0.39 is 17.9 Å². The zero-order valence-electron chi connectivity index (χ0n) is 14.5. The van der Waals surface area contributed by atoms with Gasteiger partial charge in [-0.1, -0.05) is 0 Å². The fraction of sp³-hybridized carbons (Fsp3) is 0.158. The molecule has 7 nitrogen and oxygen atoms in total. The molecule has 28 heavy (non-hydrogen) atoms. The highest BCUT2D eigenvalue weighted by molar-refractivity contribution is 7.12. The van der Waals surface area contributed by atoms with Gasteiger partial charge in [-0.15, -0.1) is 11.3 Å². The van der Waals surface area contributed by atoms with Gasteiger partial charge < -0.3 is 25.2 Å². The zero-order valence-corrected chi connectivity index (χ0v) is 16.1. The van der Waals surface area contributed by atoms with Crippen LogP contribution in [0.3, 0.4) is 0 Å². The molecule has 1 unspecified atom stereocenters. The molecule has 1 aromatic carbocycles. The summed E-state index contributed by atoms with van der Waals surface area (Å²) in [4.78, 5) is 25.8. The Hall–Kier alpha value is -2.88. The molecule has 2 amide bonds. The number of hydrogen-bond donors (Lipinski definition) is 3. The maximum atomic E-state index is 12.1. The van der Waals surface area contributed by atoms with Crippen LogP contribution in [0.1, 0.15) is 21.4 Å². The number of amides is 2. The van der Waals surface area contributed by atoms with E-state index in [1.807, 2.05) is 29.0 Å². The van der Waals surface area contributed by atoms with E-state index in [9.17, 15) is 14.7 Å². The van der Waals surface area contributed by atoms with Crippen LogP contribution in [0.4, 0.5) is 5.69 Å². The smallest absolute Gasteiger partial charge is 0.313 e. The van der Waals surface area contributed by atoms with Crippen LogP contribution < -0.4 is 20.1 Å². The SMILES string of the molecule is O=C(NCc1ccc(C(O)c2ccsc2)s1)C(=O)Nc1ccc2c(c1)OCO2. The number of benzene rings is 1. The van der Waals surface area contributed by atoms with Crippen molar-refractivity contribution in [3.63, 3.8) is 0 Å². The van der Waals surface area contributed by atoms with Crippen molar-refractivity contribution in [2.75, 3.05) is 12.1 Å². The van der Waals surface area contributed by atoms with Crippen molar-refractivity contribution in [2.24, 2.45) is 0 Å². The van der Waals surface area contributed by atoms with Crippen LogP contribution in [0.2, 0.25) is 0 Å². The van der Waals surface area contributed by atoms with Crippen molar-refractivity contribution < 1.29 is 24.2 Å². The molecular weight excluding hydrogens is 400 g/mol. The van der Waals surface area contributed by atoms with Crippen LogP contribution in [0.25, 0.3) is 0 Å². The van der Waals surface area contributed by atoms with Crippen LogP contribution in [0.5, 0.6) is 11.5 Å². The first-order chi connectivity index (χ1) is 13.6. The minimum Gasteiger partial charge on any atom is -0.454 e. The number of rotatable bonds is 5. The highest BCUT2D eigenvalue weighted by Crippen LogP contribution is 2.34. The minimum atomic E-state index is -0.769. The molecule has 1 aliphatic heterocycles. The van der Waals surface area contributed by atoms with E-state index in [1.54, 1.807) is 18.2 Å². The van der Waals surface area contributed by atoms with E-state index in [2.05, 4.69) is 10.6 Å². The first kappa shape index (κ1) is 18.5. The third-order valence-corrected chi connectivity index (χ3v) is 5.91. The molecule has 0 saturated heterocycles. The number of hydrogen-bond acceptors (Lipinski definition) is 7. The van der Waals surface area contributed by atoms with Crippen LogP contribution in [-0.2, 0) is 16.1 Å². The minimum absolute atomic E-state index is 0.136. The Balaban J connectivity index is 1.31. The molecule has 3 N–H and O–H groups in total. The second-order valence-corrected chi connectivity index (χ2v) is 7.95. The molecule has 9 heteroatoms. The van der Waals surface area contributed by atoms with Gasteiger partial charge in [0.1, 0.15) is 6.10 Å². The highest BCUT2D eigenvalue weighted by Gasteiger charge is 2.18. The maximum Gasteiger partial charge on any atom is 0.313 e. The predicted octanol–water partition coefficient (Wildman–Crippen LogP) is 2.87. The van der Waals surface area contributed by atoms with E-state index in [0.29, 0.717) is 17.2 Å². The van der Waals surface area contributed by atoms with Gasteiger partial charge in [0.25, 0.3) is 0 Å². The topological polar surface area (TPSA) is 96.9 Å². The van der Waals surface area contributed by atoms with E-state index in [-0.39, 0.29) is 13.3 Å². The molecule has 1 atom stereocenters. The van der Waals surface area contributed by atoms with Gasteiger partial charge in [0.15, 0.2) is 11.5 Å². The van der Waals surface area contributed by atoms with Gasteiger partial charge >= 0.3 is 11.8 Å². The summed E-state index contributed by atoms with van der Waals surface area (Å²) in [5.41, 5.74) is 1.28. The van der Waals surface area contributed by atoms with Crippen molar-refractivity contribution in [3.8, 4) is 11.5 Å². The normalized spacial score (nSPS) is 13.2. The Kier molecular flexibility index (Phi) is 5.29. The lowest BCUT2D eigenvalue weighted by atomic mass is 10.2. The average molecular weight is 416 g/mol. The Bertz CT molecular complexity index is 1000. The van der Waals surface area contributed by atoms with Crippen LogP contribution >= 0.6 is 22.7 Å². The standard InChI is InChI=1S/C19H16N2O5S2/c22-17(11-5-6-27-9-11)16-4-2-13(28-16)8-20-18(23)19(24)21-12-1-3-14-15(7-12)26-10-25-14/h1-7,9,17,22H,8,10H2,(H,20,23)(H,21,24). The molecule has 1 aliphatic rings. The lowest BCUT2D eigenvalue weighted by Gasteiger charge is -2.07. The van der Waals surface area contributed by atoms with E-state index >= 15 is 0 Å². The van der Waals surface area contributed by atoms with Gasteiger partial charge in [-0.2, -0.15) is 11.3 Å². The Morgan fingerprint density at radius 2 is 1.96 bits per heavy atom. The highest BCUT2D eigenvalue weighted by atomic mass is 32.1. The maximum absolute atomic E-state index is 12.1. The van der Waals surface area contributed by atoms with Crippen molar-refractivity contribution in [1.29, 1.82) is 0 Å². The second-order valence-electron chi connectivity index (χ2n) is 5.97. The Labute approximate surface area is 168 Å². The van der Waals surface area contributed by atoms with E-state index in [4.69, 9.17) is 9.47 Å². The summed E-state index contributed by atoms with van der Waals surface area (Å²) in [7, 11) is 0. The molecule has 3 heterocycles. The first-order valence-corrected chi connectivity index (χ1v) is 10.1. The fourth-order valence-corrected chi connectivity index (χ4v) is 4.29. The van der Waals surface area contributed by atoms with E-state index in [1.165, 1.54) is 22.7 Å². The molecule has 0 saturated carbocycles. The first-order valence-electron chi connectivity index (χ1n) is 8.38. The Morgan fingerprint density at radius 3 is 2.79 bits per heavy atom. The van der Waals surface area contributed by atoms with Crippen molar-refractivity contribution in [2.45, 2.75) is 12.6 Å². The monoisotopic (exact) mass is 416 g/mol. The van der Waals surface area contributed by atoms with Gasteiger partial charge in [0.2, 0.25) is 6.79 Å². The van der Waals surface area contributed by atoms with Crippen LogP contribution in [0.15, 0.2) is 47.2 Å². The number of ether oxygens (including phenoxy) is 2. The number of carbonyl (C=O) groups is 2. The van der Waals surface area contributed by atoms with Gasteiger partial charge in [0.05, 0.1) is 6.54 Å². The summed E-state index contributed by atoms with van der Waals surface area (Å²) in [5, 5.41) is 19.3. The number of anilines is 1. The molecule has 2 aromatic heterocycles. The molecule has 0 aliphatic carbocycles. The number of aliphatic hydroxyl groups excluding tert-OH is 1. The quantitative estimate of drug-likeness (QED) is 0.556. The van der Waals surface area contributed by atoms with Crippen LogP contribution in [-0.4, -0.2) is 23.7 Å². The Morgan fingerprint density at radius 1 is 1.11 bits per heavy atom. The summed E-state index contributed by atoms with van der Waals surface area (Å²) >= 11 is 2.91. The molecule has 4 rings (SSSR count). The molecule has 0 bridgehead atoms. The lowest BCUT2D eigenvalue weighted by molar-refractivity contribution is -0.136. The largest absolute Gasteiger partial charge is 0.454 e. The van der Waals surface area contributed by atoms with E-state index in [0.717, 1.165) is 15.3 Å².